The lowest BCUT2D eigenvalue weighted by Gasteiger charge is -2.20. The van der Waals surface area contributed by atoms with Crippen molar-refractivity contribution < 1.29 is 17.9 Å². The van der Waals surface area contributed by atoms with E-state index < -0.39 is 16.1 Å². The summed E-state index contributed by atoms with van der Waals surface area (Å²) in [5.74, 6) is -0.147. The molecule has 1 amide bonds. The van der Waals surface area contributed by atoms with Crippen LogP contribution in [-0.4, -0.2) is 34.0 Å². The number of amides is 1. The minimum Gasteiger partial charge on any atom is -0.495 e. The Hall–Kier alpha value is -3.16. The molecule has 0 fully saturated rings. The van der Waals surface area contributed by atoms with Gasteiger partial charge in [0, 0.05) is 6.54 Å². The number of carbonyl (C=O) groups is 1. The van der Waals surface area contributed by atoms with Gasteiger partial charge in [-0.05, 0) is 48.6 Å². The van der Waals surface area contributed by atoms with Gasteiger partial charge in [0.1, 0.15) is 16.7 Å². The summed E-state index contributed by atoms with van der Waals surface area (Å²) in [5.41, 5.74) is 2.73. The van der Waals surface area contributed by atoms with Crippen molar-refractivity contribution in [2.24, 2.45) is 0 Å². The second-order valence-electron chi connectivity index (χ2n) is 7.54. The monoisotopic (exact) mass is 452 g/mol. The van der Waals surface area contributed by atoms with Gasteiger partial charge >= 0.3 is 0 Å². The lowest BCUT2D eigenvalue weighted by atomic mass is 10.1. The molecular weight excluding hydrogens is 424 g/mol. The number of hydrogen-bond donors (Lipinski definition) is 2. The van der Waals surface area contributed by atoms with Gasteiger partial charge in [-0.25, -0.2) is 8.42 Å². The third-order valence-corrected chi connectivity index (χ3v) is 6.55. The van der Waals surface area contributed by atoms with E-state index in [0.717, 1.165) is 16.7 Å². The van der Waals surface area contributed by atoms with E-state index in [9.17, 15) is 13.2 Å². The fraction of sp³-hybridized carbons (Fsp3) is 0.240. The van der Waals surface area contributed by atoms with Gasteiger partial charge in [-0.3, -0.25) is 4.79 Å². The van der Waals surface area contributed by atoms with Gasteiger partial charge in [0.25, 0.3) is 0 Å². The van der Waals surface area contributed by atoms with Gasteiger partial charge < -0.3 is 10.1 Å². The zero-order chi connectivity index (χ0) is 23.0. The molecule has 0 radical (unpaired) electrons. The van der Waals surface area contributed by atoms with Gasteiger partial charge in [0.15, 0.2) is 0 Å². The van der Waals surface area contributed by atoms with E-state index in [0.29, 0.717) is 13.0 Å². The third-order valence-electron chi connectivity index (χ3n) is 5.06. The van der Waals surface area contributed by atoms with E-state index >= 15 is 0 Å². The molecule has 0 aromatic heterocycles. The van der Waals surface area contributed by atoms with E-state index in [2.05, 4.69) is 10.0 Å². The molecule has 1 unspecified atom stereocenters. The Bertz CT molecular complexity index is 1130. The molecule has 0 spiro atoms. The quantitative estimate of drug-likeness (QED) is 0.495. The van der Waals surface area contributed by atoms with Crippen LogP contribution in [0.15, 0.2) is 83.8 Å². The van der Waals surface area contributed by atoms with Crippen molar-refractivity contribution in [3.63, 3.8) is 0 Å². The van der Waals surface area contributed by atoms with Gasteiger partial charge in [-0.15, -0.1) is 0 Å². The maximum absolute atomic E-state index is 13.2. The number of aryl methyl sites for hydroxylation is 1. The predicted octanol–water partition coefficient (Wildman–Crippen LogP) is 3.25. The summed E-state index contributed by atoms with van der Waals surface area (Å²) in [5, 5.41) is 2.87. The average Bonchev–Trinajstić information content (AvgIpc) is 2.80. The van der Waals surface area contributed by atoms with Crippen molar-refractivity contribution in [2.75, 3.05) is 13.7 Å². The third kappa shape index (κ3) is 6.42. The number of carbonyl (C=O) groups excluding carboxylic acids is 1. The summed E-state index contributed by atoms with van der Waals surface area (Å²) >= 11 is 0. The molecule has 3 aromatic carbocycles. The van der Waals surface area contributed by atoms with Gasteiger partial charge in [-0.2, -0.15) is 4.72 Å². The van der Waals surface area contributed by atoms with Crippen LogP contribution in [0.1, 0.15) is 16.7 Å². The molecule has 0 saturated heterocycles. The average molecular weight is 453 g/mol. The van der Waals surface area contributed by atoms with Crippen molar-refractivity contribution >= 4 is 15.9 Å². The molecule has 3 rings (SSSR count). The number of sulfonamides is 1. The number of benzene rings is 3. The first-order valence-electron chi connectivity index (χ1n) is 10.4. The van der Waals surface area contributed by atoms with Crippen LogP contribution in [0, 0.1) is 6.92 Å². The highest BCUT2D eigenvalue weighted by Crippen LogP contribution is 2.25. The number of methoxy groups -OCH3 is 1. The molecule has 0 saturated carbocycles. The Labute approximate surface area is 189 Å². The summed E-state index contributed by atoms with van der Waals surface area (Å²) in [7, 11) is -2.58. The summed E-state index contributed by atoms with van der Waals surface area (Å²) in [6.07, 6.45) is 0.883. The first-order chi connectivity index (χ1) is 15.4. The molecule has 168 valence electrons. The molecule has 0 aliphatic rings. The zero-order valence-electron chi connectivity index (χ0n) is 18.2. The summed E-state index contributed by atoms with van der Waals surface area (Å²) < 4.78 is 34.2. The maximum Gasteiger partial charge on any atom is 0.244 e. The highest BCUT2D eigenvalue weighted by atomic mass is 32.2. The van der Waals surface area contributed by atoms with Crippen LogP contribution in [0.4, 0.5) is 0 Å². The summed E-state index contributed by atoms with van der Waals surface area (Å²) in [4.78, 5) is 13.0. The van der Waals surface area contributed by atoms with Crippen molar-refractivity contribution in [3.05, 3.63) is 95.6 Å². The lowest BCUT2D eigenvalue weighted by Crippen LogP contribution is -2.48. The molecule has 7 heteroatoms. The summed E-state index contributed by atoms with van der Waals surface area (Å²) in [6.45, 7) is 2.21. The standard InChI is InChI=1S/C25H28N2O4S/c1-19-13-14-23(31-2)24(17-19)32(29,30)27-22(18-21-11-7-4-8-12-21)25(28)26-16-15-20-9-5-3-6-10-20/h3-14,17,22,27H,15-16,18H2,1-2H3,(H,26,28). The van der Waals surface area contributed by atoms with Crippen LogP contribution >= 0.6 is 0 Å². The van der Waals surface area contributed by atoms with E-state index in [-0.39, 0.29) is 23.0 Å². The molecule has 6 nitrogen and oxygen atoms in total. The fourth-order valence-electron chi connectivity index (χ4n) is 3.38. The topological polar surface area (TPSA) is 84.5 Å². The minimum atomic E-state index is -4.00. The van der Waals surface area contributed by atoms with Crippen LogP contribution in [0.2, 0.25) is 0 Å². The smallest absolute Gasteiger partial charge is 0.244 e. The Morgan fingerprint density at radius 2 is 1.56 bits per heavy atom. The van der Waals surface area contributed by atoms with E-state index in [1.54, 1.807) is 19.1 Å². The zero-order valence-corrected chi connectivity index (χ0v) is 19.1. The second-order valence-corrected chi connectivity index (χ2v) is 9.23. The lowest BCUT2D eigenvalue weighted by molar-refractivity contribution is -0.122. The van der Waals surface area contributed by atoms with E-state index in [4.69, 9.17) is 4.74 Å². The molecule has 2 N–H and O–H groups in total. The molecule has 0 heterocycles. The van der Waals surface area contributed by atoms with Crippen LogP contribution in [0.3, 0.4) is 0 Å². The molecule has 0 aliphatic carbocycles. The first kappa shape index (κ1) is 23.5. The first-order valence-corrected chi connectivity index (χ1v) is 11.9. The predicted molar refractivity (Wildman–Crippen MR) is 125 cm³/mol. The number of hydrogen-bond acceptors (Lipinski definition) is 4. The van der Waals surface area contributed by atoms with Gasteiger partial charge in [0.2, 0.25) is 15.9 Å². The van der Waals surface area contributed by atoms with Crippen molar-refractivity contribution in [1.82, 2.24) is 10.0 Å². The Morgan fingerprint density at radius 3 is 2.19 bits per heavy atom. The largest absolute Gasteiger partial charge is 0.495 e. The highest BCUT2D eigenvalue weighted by molar-refractivity contribution is 7.89. The normalized spacial score (nSPS) is 12.2. The number of nitrogens with one attached hydrogen (secondary N) is 2. The SMILES string of the molecule is COc1ccc(C)cc1S(=O)(=O)NC(Cc1ccccc1)C(=O)NCCc1ccccc1. The van der Waals surface area contributed by atoms with Crippen LogP contribution < -0.4 is 14.8 Å². The van der Waals surface area contributed by atoms with E-state index in [1.165, 1.54) is 13.2 Å². The molecule has 0 bridgehead atoms. The van der Waals surface area contributed by atoms with Crippen LogP contribution in [-0.2, 0) is 27.7 Å². The Kier molecular flexibility index (Phi) is 8.03. The van der Waals surface area contributed by atoms with E-state index in [1.807, 2.05) is 60.7 Å². The summed E-state index contributed by atoms with van der Waals surface area (Å²) in [6, 6.07) is 23.1. The van der Waals surface area contributed by atoms with Crippen LogP contribution in [0.25, 0.3) is 0 Å². The number of ether oxygens (including phenoxy) is 1. The fourth-order valence-corrected chi connectivity index (χ4v) is 4.83. The molecule has 3 aromatic rings. The van der Waals surface area contributed by atoms with Gasteiger partial charge in [0.05, 0.1) is 7.11 Å². The van der Waals surface area contributed by atoms with Crippen LogP contribution in [0.5, 0.6) is 5.75 Å². The van der Waals surface area contributed by atoms with Crippen molar-refractivity contribution in [3.8, 4) is 5.75 Å². The molecular formula is C25H28N2O4S. The Morgan fingerprint density at radius 1 is 0.938 bits per heavy atom. The second kappa shape index (κ2) is 10.9. The molecule has 0 aliphatic heterocycles. The van der Waals surface area contributed by atoms with Crippen molar-refractivity contribution in [2.45, 2.75) is 30.7 Å². The van der Waals surface area contributed by atoms with Crippen molar-refractivity contribution in [1.29, 1.82) is 0 Å². The molecule has 1 atom stereocenters. The highest BCUT2D eigenvalue weighted by Gasteiger charge is 2.28. The van der Waals surface area contributed by atoms with Gasteiger partial charge in [-0.1, -0.05) is 66.7 Å². The molecule has 32 heavy (non-hydrogen) atoms. The Balaban J connectivity index is 1.79. The maximum atomic E-state index is 13.2. The minimum absolute atomic E-state index is 0.00940. The number of rotatable bonds is 10.